The van der Waals surface area contributed by atoms with Crippen molar-refractivity contribution in [2.24, 2.45) is 0 Å². The molecule has 0 bridgehead atoms. The molecule has 0 aliphatic rings. The number of aliphatic hydroxyl groups excluding tert-OH is 1. The van der Waals surface area contributed by atoms with Crippen molar-refractivity contribution in [1.82, 2.24) is 15.3 Å². The number of hydrogen-bond donors (Lipinski definition) is 3. The SMILES string of the molecule is Cc1cc2nc(CCNCCO)[nH]c2cc1C. The third-order valence-corrected chi connectivity index (χ3v) is 2.97. The van der Waals surface area contributed by atoms with Crippen molar-refractivity contribution < 1.29 is 5.11 Å². The van der Waals surface area contributed by atoms with E-state index < -0.39 is 0 Å². The molecule has 0 fully saturated rings. The molecular weight excluding hydrogens is 214 g/mol. The summed E-state index contributed by atoms with van der Waals surface area (Å²) in [4.78, 5) is 7.88. The molecule has 0 atom stereocenters. The maximum atomic E-state index is 8.65. The summed E-state index contributed by atoms with van der Waals surface area (Å²) in [6.45, 7) is 5.86. The molecule has 17 heavy (non-hydrogen) atoms. The lowest BCUT2D eigenvalue weighted by Crippen LogP contribution is -2.21. The Hall–Kier alpha value is -1.39. The predicted octanol–water partition coefficient (Wildman–Crippen LogP) is 1.30. The smallest absolute Gasteiger partial charge is 0.108 e. The van der Waals surface area contributed by atoms with Gasteiger partial charge in [-0.15, -0.1) is 0 Å². The Bertz CT molecular complexity index is 466. The molecule has 1 heterocycles. The highest BCUT2D eigenvalue weighted by Crippen LogP contribution is 2.17. The number of rotatable bonds is 5. The van der Waals surface area contributed by atoms with E-state index in [2.05, 4.69) is 41.3 Å². The van der Waals surface area contributed by atoms with Gasteiger partial charge in [0.2, 0.25) is 0 Å². The highest BCUT2D eigenvalue weighted by atomic mass is 16.3. The molecule has 2 rings (SSSR count). The highest BCUT2D eigenvalue weighted by Gasteiger charge is 2.04. The Kier molecular flexibility index (Phi) is 3.76. The summed E-state index contributed by atoms with van der Waals surface area (Å²) >= 11 is 0. The summed E-state index contributed by atoms with van der Waals surface area (Å²) in [5, 5.41) is 11.8. The van der Waals surface area contributed by atoms with Crippen LogP contribution in [0.5, 0.6) is 0 Å². The fourth-order valence-electron chi connectivity index (χ4n) is 1.85. The lowest BCUT2D eigenvalue weighted by molar-refractivity contribution is 0.292. The van der Waals surface area contributed by atoms with Gasteiger partial charge in [0.15, 0.2) is 0 Å². The van der Waals surface area contributed by atoms with Crippen molar-refractivity contribution in [2.45, 2.75) is 20.3 Å². The summed E-state index contributed by atoms with van der Waals surface area (Å²) in [6, 6.07) is 4.26. The Labute approximate surface area is 101 Å². The van der Waals surface area contributed by atoms with E-state index in [4.69, 9.17) is 5.11 Å². The van der Waals surface area contributed by atoms with E-state index in [-0.39, 0.29) is 6.61 Å². The number of aliphatic hydroxyl groups is 1. The van der Waals surface area contributed by atoms with Crippen LogP contribution in [0.2, 0.25) is 0 Å². The largest absolute Gasteiger partial charge is 0.395 e. The summed E-state index contributed by atoms with van der Waals surface area (Å²) in [5.41, 5.74) is 4.69. The average molecular weight is 233 g/mol. The van der Waals surface area contributed by atoms with Gasteiger partial charge in [-0.2, -0.15) is 0 Å². The normalized spacial score (nSPS) is 11.2. The summed E-state index contributed by atoms with van der Waals surface area (Å²) in [7, 11) is 0. The van der Waals surface area contributed by atoms with Gasteiger partial charge in [0.1, 0.15) is 5.82 Å². The second kappa shape index (κ2) is 5.29. The molecule has 0 unspecified atom stereocenters. The standard InChI is InChI=1S/C13H19N3O/c1-9-7-11-12(8-10(9)2)16-13(15-11)3-4-14-5-6-17/h7-8,14,17H,3-6H2,1-2H3,(H,15,16). The monoisotopic (exact) mass is 233 g/mol. The molecule has 0 amide bonds. The molecule has 0 radical (unpaired) electrons. The maximum absolute atomic E-state index is 8.65. The minimum absolute atomic E-state index is 0.179. The maximum Gasteiger partial charge on any atom is 0.108 e. The van der Waals surface area contributed by atoms with Gasteiger partial charge in [0.05, 0.1) is 17.6 Å². The van der Waals surface area contributed by atoms with Crippen molar-refractivity contribution in [1.29, 1.82) is 0 Å². The third-order valence-electron chi connectivity index (χ3n) is 2.97. The Morgan fingerprint density at radius 2 is 2.00 bits per heavy atom. The molecule has 0 aliphatic heterocycles. The van der Waals surface area contributed by atoms with Gasteiger partial charge in [-0.05, 0) is 37.1 Å². The minimum atomic E-state index is 0.179. The number of aromatic amines is 1. The van der Waals surface area contributed by atoms with Crippen LogP contribution in [-0.2, 0) is 6.42 Å². The van der Waals surface area contributed by atoms with Gasteiger partial charge in [-0.3, -0.25) is 0 Å². The van der Waals surface area contributed by atoms with E-state index in [1.54, 1.807) is 0 Å². The van der Waals surface area contributed by atoms with E-state index in [1.807, 2.05) is 0 Å². The number of hydrogen-bond acceptors (Lipinski definition) is 3. The molecule has 3 N–H and O–H groups in total. The zero-order valence-corrected chi connectivity index (χ0v) is 10.4. The van der Waals surface area contributed by atoms with E-state index in [1.165, 1.54) is 11.1 Å². The Balaban J connectivity index is 2.09. The van der Waals surface area contributed by atoms with Crippen molar-refractivity contribution in [3.8, 4) is 0 Å². The van der Waals surface area contributed by atoms with Gasteiger partial charge in [0, 0.05) is 19.5 Å². The number of nitrogens with one attached hydrogen (secondary N) is 2. The molecule has 0 spiro atoms. The van der Waals surface area contributed by atoms with E-state index in [0.29, 0.717) is 6.54 Å². The molecular formula is C13H19N3O. The predicted molar refractivity (Wildman–Crippen MR) is 69.2 cm³/mol. The van der Waals surface area contributed by atoms with Gasteiger partial charge in [-0.1, -0.05) is 0 Å². The van der Waals surface area contributed by atoms with Crippen LogP contribution in [0.4, 0.5) is 0 Å². The fourth-order valence-corrected chi connectivity index (χ4v) is 1.85. The minimum Gasteiger partial charge on any atom is -0.395 e. The van der Waals surface area contributed by atoms with Crippen LogP contribution in [-0.4, -0.2) is 34.8 Å². The van der Waals surface area contributed by atoms with Crippen LogP contribution in [0.25, 0.3) is 11.0 Å². The van der Waals surface area contributed by atoms with Crippen LogP contribution in [0, 0.1) is 13.8 Å². The third kappa shape index (κ3) is 2.84. The fraction of sp³-hybridized carbons (Fsp3) is 0.462. The molecule has 1 aromatic carbocycles. The second-order valence-electron chi connectivity index (χ2n) is 4.36. The molecule has 92 valence electrons. The zero-order chi connectivity index (χ0) is 12.3. The number of H-pyrrole nitrogens is 1. The lowest BCUT2D eigenvalue weighted by Gasteiger charge is -1.99. The second-order valence-corrected chi connectivity index (χ2v) is 4.36. The van der Waals surface area contributed by atoms with Gasteiger partial charge in [0.25, 0.3) is 0 Å². The molecule has 4 heteroatoms. The van der Waals surface area contributed by atoms with Crippen molar-refractivity contribution in [3.05, 3.63) is 29.1 Å². The molecule has 1 aromatic heterocycles. The van der Waals surface area contributed by atoms with Gasteiger partial charge >= 0.3 is 0 Å². The molecule has 0 saturated carbocycles. The Morgan fingerprint density at radius 1 is 1.24 bits per heavy atom. The highest BCUT2D eigenvalue weighted by molar-refractivity contribution is 5.77. The van der Waals surface area contributed by atoms with Crippen LogP contribution >= 0.6 is 0 Å². The summed E-state index contributed by atoms with van der Waals surface area (Å²) < 4.78 is 0. The zero-order valence-electron chi connectivity index (χ0n) is 10.4. The van der Waals surface area contributed by atoms with Crippen molar-refractivity contribution >= 4 is 11.0 Å². The van der Waals surface area contributed by atoms with Crippen LogP contribution in [0.3, 0.4) is 0 Å². The number of aromatic nitrogens is 2. The number of aryl methyl sites for hydroxylation is 2. The number of benzene rings is 1. The first-order valence-electron chi connectivity index (χ1n) is 5.98. The van der Waals surface area contributed by atoms with Crippen LogP contribution in [0.1, 0.15) is 17.0 Å². The van der Waals surface area contributed by atoms with Crippen molar-refractivity contribution in [3.63, 3.8) is 0 Å². The number of fused-ring (bicyclic) bond motifs is 1. The molecule has 4 nitrogen and oxygen atoms in total. The van der Waals surface area contributed by atoms with Crippen LogP contribution in [0.15, 0.2) is 12.1 Å². The first-order valence-corrected chi connectivity index (χ1v) is 5.98. The summed E-state index contributed by atoms with van der Waals surface area (Å²) in [5.74, 6) is 0.996. The molecule has 0 aliphatic carbocycles. The Morgan fingerprint density at radius 3 is 2.76 bits per heavy atom. The molecule has 0 saturated heterocycles. The van der Waals surface area contributed by atoms with Crippen molar-refractivity contribution in [2.75, 3.05) is 19.7 Å². The first-order chi connectivity index (χ1) is 8.20. The van der Waals surface area contributed by atoms with E-state index in [0.717, 1.165) is 29.8 Å². The van der Waals surface area contributed by atoms with E-state index in [9.17, 15) is 0 Å². The number of imidazole rings is 1. The van der Waals surface area contributed by atoms with E-state index >= 15 is 0 Å². The number of nitrogens with zero attached hydrogens (tertiary/aromatic N) is 1. The topological polar surface area (TPSA) is 60.9 Å². The van der Waals surface area contributed by atoms with Gasteiger partial charge in [-0.25, -0.2) is 4.98 Å². The molecule has 2 aromatic rings. The average Bonchev–Trinajstić information content (AvgIpc) is 2.67. The summed E-state index contributed by atoms with van der Waals surface area (Å²) in [6.07, 6.45) is 0.854. The first kappa shape index (κ1) is 12.1. The quantitative estimate of drug-likeness (QED) is 0.682. The van der Waals surface area contributed by atoms with Gasteiger partial charge < -0.3 is 15.4 Å². The lowest BCUT2D eigenvalue weighted by atomic mass is 10.1. The van der Waals surface area contributed by atoms with Crippen LogP contribution < -0.4 is 5.32 Å².